The molecule has 0 atom stereocenters. The van der Waals surface area contributed by atoms with Gasteiger partial charge in [-0.1, -0.05) is 6.42 Å². The third kappa shape index (κ3) is 7.63. The third-order valence-electron chi connectivity index (χ3n) is 5.04. The van der Waals surface area contributed by atoms with E-state index in [0.717, 1.165) is 32.1 Å². The first kappa shape index (κ1) is 24.3. The van der Waals surface area contributed by atoms with E-state index in [0.29, 0.717) is 18.5 Å². The fourth-order valence-electron chi connectivity index (χ4n) is 3.29. The van der Waals surface area contributed by atoms with Crippen molar-refractivity contribution in [3.05, 3.63) is 0 Å². The van der Waals surface area contributed by atoms with Crippen molar-refractivity contribution in [3.8, 4) is 0 Å². The van der Waals surface area contributed by atoms with E-state index < -0.39 is 5.60 Å². The number of hydrogen-bond acceptors (Lipinski definition) is 4. The van der Waals surface area contributed by atoms with Gasteiger partial charge in [0, 0.05) is 39.9 Å². The average molecular weight is 496 g/mol. The quantitative estimate of drug-likeness (QED) is 0.322. The third-order valence-corrected chi connectivity index (χ3v) is 5.04. The lowest BCUT2D eigenvalue weighted by atomic mass is 9.67. The fourth-order valence-corrected chi connectivity index (χ4v) is 3.29. The summed E-state index contributed by atoms with van der Waals surface area (Å²) in [7, 11) is 1.76. The lowest BCUT2D eigenvalue weighted by Gasteiger charge is -2.42. The number of amides is 1. The van der Waals surface area contributed by atoms with E-state index in [4.69, 9.17) is 14.5 Å². The Morgan fingerprint density at radius 3 is 2.44 bits per heavy atom. The molecule has 158 valence electrons. The van der Waals surface area contributed by atoms with Crippen LogP contribution in [0.25, 0.3) is 0 Å². The number of halogens is 1. The Morgan fingerprint density at radius 1 is 1.30 bits per heavy atom. The van der Waals surface area contributed by atoms with E-state index in [9.17, 15) is 4.79 Å². The van der Waals surface area contributed by atoms with Gasteiger partial charge in [0.25, 0.3) is 0 Å². The predicted octanol–water partition coefficient (Wildman–Crippen LogP) is 2.99. The summed E-state index contributed by atoms with van der Waals surface area (Å²) < 4.78 is 10.7. The van der Waals surface area contributed by atoms with Crippen molar-refractivity contribution in [2.45, 2.75) is 65.0 Å². The molecular formula is C19H37IN4O3. The molecule has 1 amide bonds. The number of hydrogen-bond donors (Lipinski definition) is 2. The molecule has 1 saturated carbocycles. The molecular weight excluding hydrogens is 459 g/mol. The number of carbonyl (C=O) groups is 1. The molecule has 0 radical (unpaired) electrons. The van der Waals surface area contributed by atoms with Gasteiger partial charge in [-0.3, -0.25) is 4.99 Å². The van der Waals surface area contributed by atoms with Crippen LogP contribution < -0.4 is 10.6 Å². The Hall–Kier alpha value is -0.770. The number of nitrogens with zero attached hydrogens (tertiary/aromatic N) is 2. The maximum absolute atomic E-state index is 12.0. The predicted molar refractivity (Wildman–Crippen MR) is 119 cm³/mol. The smallest absolute Gasteiger partial charge is 0.410 e. The minimum absolute atomic E-state index is 0. The van der Waals surface area contributed by atoms with Crippen LogP contribution in [0.5, 0.6) is 0 Å². The standard InChI is InChI=1S/C19H36N4O3.HI/c1-6-20-16(21-14-19(8-7-9-19)10-11-25-5)22-15-12-23(13-15)17(24)26-18(2,3)4;/h15H,6-14H2,1-5H3,(H2,20,21,22);1H. The fraction of sp³-hybridized carbons (Fsp3) is 0.895. The molecule has 2 rings (SSSR count). The average Bonchev–Trinajstić information content (AvgIpc) is 2.46. The molecule has 27 heavy (non-hydrogen) atoms. The Kier molecular flexibility index (Phi) is 9.61. The first-order chi connectivity index (χ1) is 12.3. The van der Waals surface area contributed by atoms with Gasteiger partial charge < -0.3 is 25.0 Å². The molecule has 0 aromatic heterocycles. The van der Waals surface area contributed by atoms with Gasteiger partial charge in [0.15, 0.2) is 5.96 Å². The topological polar surface area (TPSA) is 75.2 Å². The molecule has 1 heterocycles. The van der Waals surface area contributed by atoms with Gasteiger partial charge in [-0.2, -0.15) is 0 Å². The summed E-state index contributed by atoms with van der Waals surface area (Å²) in [5.74, 6) is 0.838. The largest absolute Gasteiger partial charge is 0.444 e. The summed E-state index contributed by atoms with van der Waals surface area (Å²) in [5.41, 5.74) is -0.147. The number of nitrogens with one attached hydrogen (secondary N) is 2. The van der Waals surface area contributed by atoms with Crippen LogP contribution in [0.2, 0.25) is 0 Å². The highest BCUT2D eigenvalue weighted by Crippen LogP contribution is 2.44. The van der Waals surface area contributed by atoms with Crippen LogP contribution in [0.4, 0.5) is 4.79 Å². The zero-order valence-corrected chi connectivity index (χ0v) is 19.8. The van der Waals surface area contributed by atoms with E-state index in [1.54, 1.807) is 12.0 Å². The number of ether oxygens (including phenoxy) is 2. The maximum Gasteiger partial charge on any atom is 0.410 e. The molecule has 0 aromatic rings. The molecule has 8 heteroatoms. The molecule has 1 saturated heterocycles. The lowest BCUT2D eigenvalue weighted by molar-refractivity contribution is 0.00699. The second-order valence-electron chi connectivity index (χ2n) is 8.52. The summed E-state index contributed by atoms with van der Waals surface area (Å²) in [5, 5.41) is 6.75. The zero-order chi connectivity index (χ0) is 19.2. The number of likely N-dealkylation sites (tertiary alicyclic amines) is 1. The Morgan fingerprint density at radius 2 is 1.96 bits per heavy atom. The Labute approximate surface area is 181 Å². The SMILES string of the molecule is CCNC(=NCC1(CCOC)CCC1)NC1CN(C(=O)OC(C)(C)C)C1.I. The monoisotopic (exact) mass is 496 g/mol. The van der Waals surface area contributed by atoms with Gasteiger partial charge in [-0.05, 0) is 52.4 Å². The van der Waals surface area contributed by atoms with Crippen LogP contribution in [0.3, 0.4) is 0 Å². The van der Waals surface area contributed by atoms with E-state index in [1.165, 1.54) is 19.3 Å². The first-order valence-corrected chi connectivity index (χ1v) is 9.79. The van der Waals surface area contributed by atoms with Crippen molar-refractivity contribution in [3.63, 3.8) is 0 Å². The molecule has 2 N–H and O–H groups in total. The van der Waals surface area contributed by atoms with Gasteiger partial charge in [0.1, 0.15) is 5.60 Å². The summed E-state index contributed by atoms with van der Waals surface area (Å²) in [4.78, 5) is 18.6. The van der Waals surface area contributed by atoms with Crippen molar-refractivity contribution in [1.82, 2.24) is 15.5 Å². The summed E-state index contributed by atoms with van der Waals surface area (Å²) in [6, 6.07) is 0.219. The molecule has 2 aliphatic rings. The van der Waals surface area contributed by atoms with Gasteiger partial charge in [0.2, 0.25) is 0 Å². The highest BCUT2D eigenvalue weighted by atomic mass is 127. The molecule has 0 aromatic carbocycles. The number of rotatable bonds is 7. The van der Waals surface area contributed by atoms with Gasteiger partial charge >= 0.3 is 6.09 Å². The van der Waals surface area contributed by atoms with Crippen molar-refractivity contribution in [2.75, 3.05) is 39.9 Å². The van der Waals surface area contributed by atoms with E-state index >= 15 is 0 Å². The van der Waals surface area contributed by atoms with Crippen molar-refractivity contribution >= 4 is 36.0 Å². The van der Waals surface area contributed by atoms with Gasteiger partial charge in [0.05, 0.1) is 6.04 Å². The zero-order valence-electron chi connectivity index (χ0n) is 17.5. The van der Waals surface area contributed by atoms with Gasteiger partial charge in [-0.15, -0.1) is 24.0 Å². The molecule has 1 aliphatic carbocycles. The summed E-state index contributed by atoms with van der Waals surface area (Å²) >= 11 is 0. The second kappa shape index (κ2) is 10.7. The van der Waals surface area contributed by atoms with Crippen LogP contribution in [-0.4, -0.2) is 68.5 Å². The van der Waals surface area contributed by atoms with Crippen molar-refractivity contribution in [2.24, 2.45) is 10.4 Å². The normalized spacial score (nSPS) is 19.4. The molecule has 0 bridgehead atoms. The Bertz CT molecular complexity index is 498. The Balaban J connectivity index is 0.00000364. The van der Waals surface area contributed by atoms with Crippen LogP contribution in [-0.2, 0) is 9.47 Å². The van der Waals surface area contributed by atoms with Crippen LogP contribution >= 0.6 is 24.0 Å². The molecule has 0 spiro atoms. The van der Waals surface area contributed by atoms with Crippen LogP contribution in [0, 0.1) is 5.41 Å². The van der Waals surface area contributed by atoms with Crippen LogP contribution in [0.15, 0.2) is 4.99 Å². The molecule has 0 unspecified atom stereocenters. The minimum Gasteiger partial charge on any atom is -0.444 e. The van der Waals surface area contributed by atoms with Gasteiger partial charge in [-0.25, -0.2) is 4.79 Å². The first-order valence-electron chi connectivity index (χ1n) is 9.79. The molecule has 1 aliphatic heterocycles. The molecule has 2 fully saturated rings. The highest BCUT2D eigenvalue weighted by molar-refractivity contribution is 14.0. The number of carbonyl (C=O) groups excluding carboxylic acids is 1. The van der Waals surface area contributed by atoms with E-state index in [1.807, 2.05) is 20.8 Å². The lowest BCUT2D eigenvalue weighted by Crippen LogP contribution is -2.63. The maximum atomic E-state index is 12.0. The van der Waals surface area contributed by atoms with E-state index in [2.05, 4.69) is 17.6 Å². The van der Waals surface area contributed by atoms with Crippen molar-refractivity contribution < 1.29 is 14.3 Å². The second-order valence-corrected chi connectivity index (χ2v) is 8.52. The number of aliphatic imine (C=N–C) groups is 1. The minimum atomic E-state index is -0.453. The van der Waals surface area contributed by atoms with E-state index in [-0.39, 0.29) is 36.1 Å². The highest BCUT2D eigenvalue weighted by Gasteiger charge is 2.37. The summed E-state index contributed by atoms with van der Waals surface area (Å²) in [6.07, 6.45) is 4.58. The van der Waals surface area contributed by atoms with Crippen LogP contribution in [0.1, 0.15) is 53.4 Å². The number of guanidine groups is 1. The molecule has 7 nitrogen and oxygen atoms in total. The van der Waals surface area contributed by atoms with Crippen molar-refractivity contribution in [1.29, 1.82) is 0 Å². The summed E-state index contributed by atoms with van der Waals surface area (Å²) in [6.45, 7) is 11.5. The number of methoxy groups -OCH3 is 1.